The number of fused-ring (bicyclic) bond motifs is 1. The van der Waals surface area contributed by atoms with Crippen molar-refractivity contribution in [2.45, 2.75) is 62.7 Å². The van der Waals surface area contributed by atoms with Gasteiger partial charge < -0.3 is 15.3 Å². The van der Waals surface area contributed by atoms with Crippen molar-refractivity contribution in [2.75, 3.05) is 0 Å². The fourth-order valence-electron chi connectivity index (χ4n) is 3.17. The molecular formula is C14H22N2O6S. The molecule has 2 rings (SSSR count). The van der Waals surface area contributed by atoms with Crippen LogP contribution in [0.4, 0.5) is 0 Å². The van der Waals surface area contributed by atoms with Gasteiger partial charge in [-0.2, -0.15) is 0 Å². The number of hydrogen-bond donors (Lipinski definition) is 2. The maximum absolute atomic E-state index is 12.6. The van der Waals surface area contributed by atoms with E-state index in [1.165, 1.54) is 13.8 Å². The minimum Gasteiger partial charge on any atom is -0.480 e. The molecule has 0 saturated carbocycles. The van der Waals surface area contributed by atoms with Crippen LogP contribution in [0, 0.1) is 5.92 Å². The molecule has 2 aliphatic heterocycles. The number of carboxylic acids is 1. The molecule has 2 aliphatic rings. The van der Waals surface area contributed by atoms with Crippen LogP contribution in [-0.2, 0) is 24.2 Å². The van der Waals surface area contributed by atoms with Gasteiger partial charge in [-0.15, -0.1) is 0 Å². The van der Waals surface area contributed by atoms with E-state index < -0.39 is 49.8 Å². The molecule has 2 saturated heterocycles. The third-order valence-electron chi connectivity index (χ3n) is 5.00. The lowest BCUT2D eigenvalue weighted by atomic mass is 9.95. The van der Waals surface area contributed by atoms with Gasteiger partial charge >= 0.3 is 5.97 Å². The third-order valence-corrected chi connectivity index (χ3v) is 7.80. The van der Waals surface area contributed by atoms with Crippen LogP contribution < -0.4 is 5.32 Å². The molecule has 0 aromatic rings. The summed E-state index contributed by atoms with van der Waals surface area (Å²) in [4.78, 5) is 36.8. The predicted octanol–water partition coefficient (Wildman–Crippen LogP) is -0.264. The summed E-state index contributed by atoms with van der Waals surface area (Å²) in [7, 11) is -3.68. The van der Waals surface area contributed by atoms with E-state index in [9.17, 15) is 27.9 Å². The lowest BCUT2D eigenvalue weighted by molar-refractivity contribution is -0.151. The number of carboxylic acid groups (broad SMARTS) is 1. The number of aliphatic carboxylic acids is 1. The summed E-state index contributed by atoms with van der Waals surface area (Å²) in [6, 6.07) is -2.33. The number of sulfone groups is 1. The van der Waals surface area contributed by atoms with Crippen molar-refractivity contribution < 1.29 is 27.9 Å². The van der Waals surface area contributed by atoms with E-state index in [4.69, 9.17) is 0 Å². The number of rotatable bonds is 5. The fourth-order valence-corrected chi connectivity index (χ4v) is 5.30. The topological polar surface area (TPSA) is 121 Å². The summed E-state index contributed by atoms with van der Waals surface area (Å²) in [6.07, 6.45) is 0.415. The van der Waals surface area contributed by atoms with Gasteiger partial charge in [0.05, 0.1) is 11.2 Å². The van der Waals surface area contributed by atoms with Crippen LogP contribution in [0.15, 0.2) is 0 Å². The van der Waals surface area contributed by atoms with Crippen molar-refractivity contribution in [3.63, 3.8) is 0 Å². The zero-order chi connectivity index (χ0) is 17.7. The van der Waals surface area contributed by atoms with Crippen molar-refractivity contribution in [2.24, 2.45) is 5.92 Å². The van der Waals surface area contributed by atoms with Crippen molar-refractivity contribution in [3.8, 4) is 0 Å². The third kappa shape index (κ3) is 2.41. The van der Waals surface area contributed by atoms with E-state index in [-0.39, 0.29) is 12.3 Å². The highest BCUT2D eigenvalue weighted by molar-refractivity contribution is 7.93. The van der Waals surface area contributed by atoms with E-state index >= 15 is 0 Å². The largest absolute Gasteiger partial charge is 0.480 e. The van der Waals surface area contributed by atoms with Crippen LogP contribution in [0.5, 0.6) is 0 Å². The average Bonchev–Trinajstić information content (AvgIpc) is 2.57. The van der Waals surface area contributed by atoms with Gasteiger partial charge in [0.1, 0.15) is 17.5 Å². The average molecular weight is 346 g/mol. The molecule has 8 nitrogen and oxygen atoms in total. The maximum atomic E-state index is 12.6. The zero-order valence-corrected chi connectivity index (χ0v) is 14.4. The minimum absolute atomic E-state index is 0.122. The molecule has 0 spiro atoms. The second-order valence-electron chi connectivity index (χ2n) is 6.72. The highest BCUT2D eigenvalue weighted by atomic mass is 32.2. The molecule has 23 heavy (non-hydrogen) atoms. The molecule has 2 amide bonds. The first-order valence-electron chi connectivity index (χ1n) is 7.54. The Kier molecular flexibility index (Phi) is 4.21. The van der Waals surface area contributed by atoms with E-state index in [0.29, 0.717) is 6.42 Å². The van der Waals surface area contributed by atoms with Crippen LogP contribution in [0.25, 0.3) is 0 Å². The molecule has 4 atom stereocenters. The summed E-state index contributed by atoms with van der Waals surface area (Å²) in [5.74, 6) is -2.64. The molecule has 130 valence electrons. The van der Waals surface area contributed by atoms with Gasteiger partial charge in [0.2, 0.25) is 11.8 Å². The number of carbonyl (C=O) groups excluding carboxylic acids is 2. The highest BCUT2D eigenvalue weighted by Gasteiger charge is 2.67. The highest BCUT2D eigenvalue weighted by Crippen LogP contribution is 2.45. The Morgan fingerprint density at radius 2 is 2.00 bits per heavy atom. The van der Waals surface area contributed by atoms with Crippen molar-refractivity contribution in [1.82, 2.24) is 10.2 Å². The minimum atomic E-state index is -3.68. The van der Waals surface area contributed by atoms with Gasteiger partial charge in [-0.25, -0.2) is 13.2 Å². The van der Waals surface area contributed by atoms with Crippen molar-refractivity contribution in [1.29, 1.82) is 0 Å². The molecule has 2 N–H and O–H groups in total. The van der Waals surface area contributed by atoms with Gasteiger partial charge in [-0.1, -0.05) is 20.3 Å². The zero-order valence-electron chi connectivity index (χ0n) is 13.6. The van der Waals surface area contributed by atoms with Crippen LogP contribution in [-0.4, -0.2) is 58.4 Å². The van der Waals surface area contributed by atoms with E-state index in [0.717, 1.165) is 4.90 Å². The van der Waals surface area contributed by atoms with Crippen molar-refractivity contribution >= 4 is 27.6 Å². The quantitative estimate of drug-likeness (QED) is 0.661. The smallest absolute Gasteiger partial charge is 0.326 e. The molecule has 2 fully saturated rings. The van der Waals surface area contributed by atoms with E-state index in [1.54, 1.807) is 13.8 Å². The summed E-state index contributed by atoms with van der Waals surface area (Å²) in [5.41, 5.74) is 0. The molecule has 0 bridgehead atoms. The van der Waals surface area contributed by atoms with Crippen LogP contribution in [0.2, 0.25) is 0 Å². The molecule has 0 radical (unpaired) electrons. The molecule has 9 heteroatoms. The number of β-lactam (4-membered cyclic amide) rings is 1. The monoisotopic (exact) mass is 346 g/mol. The van der Waals surface area contributed by atoms with E-state index in [2.05, 4.69) is 5.32 Å². The molecule has 0 aromatic carbocycles. The predicted molar refractivity (Wildman–Crippen MR) is 81.1 cm³/mol. The van der Waals surface area contributed by atoms with Gasteiger partial charge in [-0.05, 0) is 19.8 Å². The van der Waals surface area contributed by atoms with Gasteiger partial charge in [0.25, 0.3) is 0 Å². The molecule has 0 aliphatic carbocycles. The normalized spacial score (nSPS) is 30.1. The Morgan fingerprint density at radius 3 is 2.43 bits per heavy atom. The SMILES string of the molecule is CC[C@@H](C)[C@H](NC(=O)[C@@H]1N2C(=O)C[C@H]2S(=O)(=O)C1(C)C)C(=O)O. The Bertz CT molecular complexity index is 656. The molecule has 2 heterocycles. The first kappa shape index (κ1) is 17.7. The second-order valence-corrected chi connectivity index (χ2v) is 9.41. The number of amides is 2. The lowest BCUT2D eigenvalue weighted by Crippen LogP contribution is -2.61. The summed E-state index contributed by atoms with van der Waals surface area (Å²) in [6.45, 7) is 6.29. The van der Waals surface area contributed by atoms with Gasteiger partial charge in [0, 0.05) is 0 Å². The van der Waals surface area contributed by atoms with Crippen LogP contribution in [0.3, 0.4) is 0 Å². The lowest BCUT2D eigenvalue weighted by Gasteiger charge is -2.37. The standard InChI is InChI=1S/C14H22N2O6S/c1-5-7(2)10(13(19)20)15-12(18)11-14(3,4)23(21,22)9-6-8(17)16(9)11/h7,9-11H,5-6H2,1-4H3,(H,15,18)(H,19,20)/t7-,9-,10+,11+/m1/s1. The fraction of sp³-hybridized carbons (Fsp3) is 0.786. The van der Waals surface area contributed by atoms with Crippen LogP contribution >= 0.6 is 0 Å². The van der Waals surface area contributed by atoms with Gasteiger partial charge in [0.15, 0.2) is 9.84 Å². The van der Waals surface area contributed by atoms with Gasteiger partial charge in [-0.3, -0.25) is 9.59 Å². The Morgan fingerprint density at radius 1 is 1.43 bits per heavy atom. The summed E-state index contributed by atoms with van der Waals surface area (Å²) >= 11 is 0. The molecular weight excluding hydrogens is 324 g/mol. The Balaban J connectivity index is 2.31. The second kappa shape index (κ2) is 5.47. The van der Waals surface area contributed by atoms with Crippen LogP contribution in [0.1, 0.15) is 40.5 Å². The number of nitrogens with one attached hydrogen (secondary N) is 1. The maximum Gasteiger partial charge on any atom is 0.326 e. The number of carbonyl (C=O) groups is 3. The summed E-state index contributed by atoms with van der Waals surface area (Å²) < 4.78 is 23.5. The molecule has 0 unspecified atom stereocenters. The molecule has 0 aromatic heterocycles. The number of hydrogen-bond acceptors (Lipinski definition) is 5. The van der Waals surface area contributed by atoms with E-state index in [1.807, 2.05) is 0 Å². The first-order chi connectivity index (χ1) is 10.5. The van der Waals surface area contributed by atoms with Crippen molar-refractivity contribution in [3.05, 3.63) is 0 Å². The Labute approximate surface area is 135 Å². The first-order valence-corrected chi connectivity index (χ1v) is 9.09. The number of nitrogens with zero attached hydrogens (tertiary/aromatic N) is 1. The summed E-state index contributed by atoms with van der Waals surface area (Å²) in [5, 5.41) is 10.7. The Hall–Kier alpha value is -1.64.